The summed E-state index contributed by atoms with van der Waals surface area (Å²) in [6.07, 6.45) is 9.22. The Kier molecular flexibility index (Phi) is 10.3. The molecule has 0 spiro atoms. The maximum absolute atomic E-state index is 3.42. The van der Waals surface area contributed by atoms with Crippen molar-refractivity contribution in [3.8, 4) is 0 Å². The molecule has 2 atom stereocenters. The summed E-state index contributed by atoms with van der Waals surface area (Å²) in [7, 11) is 2.10. The van der Waals surface area contributed by atoms with Crippen LogP contribution in [0.3, 0.4) is 0 Å². The van der Waals surface area contributed by atoms with E-state index in [1.54, 1.807) is 5.57 Å². The number of hydrogen-bond donors (Lipinski definition) is 1. The van der Waals surface area contributed by atoms with Crippen LogP contribution in [-0.2, 0) is 0 Å². The Bertz CT molecular complexity index is 253. The van der Waals surface area contributed by atoms with Crippen molar-refractivity contribution in [2.24, 2.45) is 5.92 Å². The molecular weight excluding hydrogens is 232 g/mol. The topological polar surface area (TPSA) is 15.3 Å². The average molecular weight is 271 g/mol. The summed E-state index contributed by atoms with van der Waals surface area (Å²) in [6, 6.07) is 0.731. The molecule has 1 unspecified atom stereocenters. The van der Waals surface area contributed by atoms with Gasteiger partial charge in [0.1, 0.15) is 0 Å². The lowest BCUT2D eigenvalue weighted by atomic mass is 9.89. The molecule has 0 saturated carbocycles. The smallest absolute Gasteiger partial charge is 0.0192 e. The lowest BCUT2D eigenvalue weighted by Gasteiger charge is -2.35. The van der Waals surface area contributed by atoms with Crippen LogP contribution in [0.2, 0.25) is 0 Å². The number of allylic oxidation sites excluding steroid dienone is 2. The molecule has 0 radical (unpaired) electrons. The van der Waals surface area contributed by atoms with Crippen LogP contribution in [0.4, 0.5) is 0 Å². The van der Waals surface area contributed by atoms with E-state index in [-0.39, 0.29) is 8.85 Å². The van der Waals surface area contributed by atoms with Gasteiger partial charge < -0.3 is 10.2 Å². The molecule has 2 rings (SSSR count). The molecule has 1 N–H and O–H groups in total. The molecular formula is C17H38N2. The third-order valence-electron chi connectivity index (χ3n) is 4.18. The minimum atomic E-state index is 0. The molecule has 2 aliphatic rings. The lowest BCUT2D eigenvalue weighted by molar-refractivity contribution is 0.164. The van der Waals surface area contributed by atoms with Crippen LogP contribution in [-0.4, -0.2) is 37.6 Å². The van der Waals surface area contributed by atoms with Gasteiger partial charge in [-0.1, -0.05) is 32.9 Å². The van der Waals surface area contributed by atoms with E-state index in [9.17, 15) is 0 Å². The summed E-state index contributed by atoms with van der Waals surface area (Å²) in [5.41, 5.74) is 1.60. The molecule has 0 aromatic heterocycles. The fourth-order valence-electron chi connectivity index (χ4n) is 3.01. The van der Waals surface area contributed by atoms with E-state index in [2.05, 4.69) is 30.3 Å². The summed E-state index contributed by atoms with van der Waals surface area (Å²) >= 11 is 0. The van der Waals surface area contributed by atoms with E-state index < -0.39 is 0 Å². The van der Waals surface area contributed by atoms with Crippen LogP contribution in [0, 0.1) is 5.92 Å². The normalized spacial score (nSPS) is 27.7. The first-order valence-electron chi connectivity index (χ1n) is 7.83. The zero-order chi connectivity index (χ0) is 13.4. The van der Waals surface area contributed by atoms with Crippen molar-refractivity contribution in [2.45, 2.75) is 66.3 Å². The van der Waals surface area contributed by atoms with Gasteiger partial charge in [0.05, 0.1) is 0 Å². The van der Waals surface area contributed by atoms with Gasteiger partial charge in [-0.05, 0) is 58.5 Å². The minimum absolute atomic E-state index is 0. The first-order valence-corrected chi connectivity index (χ1v) is 7.83. The summed E-state index contributed by atoms with van der Waals surface area (Å²) in [5.74, 6) is 0.916. The first kappa shape index (κ1) is 18.7. The van der Waals surface area contributed by atoms with Gasteiger partial charge in [-0.15, -0.1) is 0 Å². The predicted octanol–water partition coefficient (Wildman–Crippen LogP) is 4.32. The monoisotopic (exact) mass is 270 g/mol. The lowest BCUT2D eigenvalue weighted by Crippen LogP contribution is -2.46. The third-order valence-corrected chi connectivity index (χ3v) is 4.18. The second-order valence-electron chi connectivity index (χ2n) is 5.58. The van der Waals surface area contributed by atoms with Crippen LogP contribution >= 0.6 is 0 Å². The average Bonchev–Trinajstić information content (AvgIpc) is 2.44. The molecule has 1 heterocycles. The van der Waals surface area contributed by atoms with E-state index in [1.807, 2.05) is 13.8 Å². The molecule has 19 heavy (non-hydrogen) atoms. The van der Waals surface area contributed by atoms with E-state index in [0.29, 0.717) is 0 Å². The Labute approximate surface area is 123 Å². The summed E-state index contributed by atoms with van der Waals surface area (Å²) in [4.78, 5) is 2.67. The zero-order valence-corrected chi connectivity index (χ0v) is 12.8. The molecule has 2 nitrogen and oxygen atoms in total. The molecule has 0 amide bonds. The second-order valence-corrected chi connectivity index (χ2v) is 5.58. The molecule has 1 aliphatic carbocycles. The second kappa shape index (κ2) is 10.4. The molecule has 1 fully saturated rings. The molecule has 1 aliphatic heterocycles. The minimum Gasteiger partial charge on any atom is -0.316 e. The van der Waals surface area contributed by atoms with E-state index in [4.69, 9.17) is 0 Å². The number of nitrogens with zero attached hydrogens (tertiary/aromatic N) is 1. The van der Waals surface area contributed by atoms with Crippen molar-refractivity contribution in [2.75, 3.05) is 26.7 Å². The van der Waals surface area contributed by atoms with Gasteiger partial charge in [0.25, 0.3) is 0 Å². The van der Waals surface area contributed by atoms with Crippen molar-refractivity contribution in [3.63, 3.8) is 0 Å². The highest BCUT2D eigenvalue weighted by Crippen LogP contribution is 2.24. The van der Waals surface area contributed by atoms with Crippen LogP contribution in [0.5, 0.6) is 0 Å². The van der Waals surface area contributed by atoms with E-state index in [1.165, 1.54) is 51.7 Å². The molecule has 1 saturated heterocycles. The van der Waals surface area contributed by atoms with Gasteiger partial charge in [0.2, 0.25) is 0 Å². The number of hydrogen-bond acceptors (Lipinski definition) is 2. The number of nitrogens with one attached hydrogen (secondary N) is 1. The highest BCUT2D eigenvalue weighted by molar-refractivity contribution is 5.03. The summed E-state index contributed by atoms with van der Waals surface area (Å²) < 4.78 is 0. The van der Waals surface area contributed by atoms with E-state index in [0.717, 1.165) is 12.0 Å². The largest absolute Gasteiger partial charge is 0.316 e. The summed E-state index contributed by atoms with van der Waals surface area (Å²) in [5, 5.41) is 3.42. The highest BCUT2D eigenvalue weighted by Gasteiger charge is 2.21. The van der Waals surface area contributed by atoms with Crippen molar-refractivity contribution < 1.29 is 1.43 Å². The SMILES string of the molecule is C.CC.CNC1CCCN(C[C@@H]2CC=C(C)CC2)C1.[HH]. The van der Waals surface area contributed by atoms with Gasteiger partial charge in [-0.3, -0.25) is 0 Å². The fraction of sp³-hybridized carbons (Fsp3) is 0.882. The van der Waals surface area contributed by atoms with Crippen LogP contribution in [0.15, 0.2) is 11.6 Å². The maximum atomic E-state index is 3.42. The molecule has 0 aromatic rings. The molecule has 116 valence electrons. The van der Waals surface area contributed by atoms with Gasteiger partial charge in [-0.25, -0.2) is 0 Å². The van der Waals surface area contributed by atoms with Crippen LogP contribution < -0.4 is 5.32 Å². The highest BCUT2D eigenvalue weighted by atomic mass is 15.2. The van der Waals surface area contributed by atoms with Crippen molar-refractivity contribution in [1.29, 1.82) is 0 Å². The quantitative estimate of drug-likeness (QED) is 0.768. The van der Waals surface area contributed by atoms with Crippen LogP contribution in [0.1, 0.15) is 61.7 Å². The van der Waals surface area contributed by atoms with Crippen molar-refractivity contribution in [3.05, 3.63) is 11.6 Å². The van der Waals surface area contributed by atoms with E-state index >= 15 is 0 Å². The van der Waals surface area contributed by atoms with Gasteiger partial charge >= 0.3 is 0 Å². The van der Waals surface area contributed by atoms with Gasteiger partial charge in [0, 0.05) is 20.6 Å². The number of likely N-dealkylation sites (N-methyl/N-ethyl adjacent to an activating group) is 1. The molecule has 0 aromatic carbocycles. The zero-order valence-electron chi connectivity index (χ0n) is 12.8. The Hall–Kier alpha value is -0.340. The Balaban J connectivity index is 0. The first-order chi connectivity index (χ1) is 8.78. The Morgan fingerprint density at radius 3 is 2.68 bits per heavy atom. The van der Waals surface area contributed by atoms with Gasteiger partial charge in [0.15, 0.2) is 0 Å². The van der Waals surface area contributed by atoms with Crippen molar-refractivity contribution in [1.82, 2.24) is 10.2 Å². The predicted molar refractivity (Wildman–Crippen MR) is 89.8 cm³/mol. The van der Waals surface area contributed by atoms with Crippen LogP contribution in [0.25, 0.3) is 0 Å². The number of rotatable bonds is 3. The maximum Gasteiger partial charge on any atom is 0.0192 e. The number of piperidine rings is 1. The number of likely N-dealkylation sites (tertiary alicyclic amines) is 1. The molecule has 2 heteroatoms. The standard InChI is InChI=1S/C14H26N2.C2H6.CH4.H2/c1-12-5-7-13(8-6-12)10-16-9-3-4-14(11-16)15-2;1-2;;/h5,13-15H,3-4,6-11H2,1-2H3;1-2H3;1H4;1H/t13-,14?;;;/m1.../s1. The molecule has 0 bridgehead atoms. The Morgan fingerprint density at radius 1 is 1.37 bits per heavy atom. The van der Waals surface area contributed by atoms with Crippen molar-refractivity contribution >= 4 is 0 Å². The summed E-state index contributed by atoms with van der Waals surface area (Å²) in [6.45, 7) is 10.2. The van der Waals surface area contributed by atoms with Gasteiger partial charge in [-0.2, -0.15) is 0 Å². The Morgan fingerprint density at radius 2 is 2.11 bits per heavy atom. The third kappa shape index (κ3) is 6.58. The fourth-order valence-corrected chi connectivity index (χ4v) is 3.01.